The molecule has 0 fully saturated rings. The molecule has 0 aliphatic carbocycles. The van der Waals surface area contributed by atoms with Crippen LogP contribution in [0.1, 0.15) is 58.9 Å². The van der Waals surface area contributed by atoms with E-state index < -0.39 is 15.8 Å². The first-order valence-electron chi connectivity index (χ1n) is 8.91. The molecule has 2 rings (SSSR count). The van der Waals surface area contributed by atoms with Crippen molar-refractivity contribution in [1.82, 2.24) is 0 Å². The van der Waals surface area contributed by atoms with E-state index in [1.165, 1.54) is 11.8 Å². The van der Waals surface area contributed by atoms with E-state index in [1.54, 1.807) is 24.3 Å². The quantitative estimate of drug-likeness (QED) is 0.708. The van der Waals surface area contributed by atoms with Crippen molar-refractivity contribution in [3.05, 3.63) is 69.8 Å². The third-order valence-electron chi connectivity index (χ3n) is 4.53. The molecular formula is C22H28O4S. The second-order valence-corrected chi connectivity index (χ2v) is 10.3. The highest BCUT2D eigenvalue weighted by molar-refractivity contribution is 7.89. The molecule has 0 heterocycles. The van der Waals surface area contributed by atoms with Gasteiger partial charge in [0.1, 0.15) is 6.61 Å². The number of esters is 1. The summed E-state index contributed by atoms with van der Waals surface area (Å²) in [6, 6.07) is 10.8. The number of carbonyl (C=O) groups is 1. The maximum Gasteiger partial charge on any atom is 0.338 e. The van der Waals surface area contributed by atoms with E-state index in [0.29, 0.717) is 11.1 Å². The molecule has 4 nitrogen and oxygen atoms in total. The van der Waals surface area contributed by atoms with Gasteiger partial charge < -0.3 is 4.74 Å². The first-order chi connectivity index (χ1) is 12.4. The van der Waals surface area contributed by atoms with Gasteiger partial charge in [0, 0.05) is 6.26 Å². The summed E-state index contributed by atoms with van der Waals surface area (Å²) in [5, 5.41) is 0. The number of benzene rings is 2. The molecule has 0 bridgehead atoms. The molecule has 0 unspecified atom stereocenters. The van der Waals surface area contributed by atoms with Crippen LogP contribution in [-0.2, 0) is 32.3 Å². The highest BCUT2D eigenvalue weighted by atomic mass is 32.2. The summed E-state index contributed by atoms with van der Waals surface area (Å²) in [6.07, 6.45) is 1.19. The standard InChI is InChI=1S/C22H28O4S/c1-15-11-19(22(3,4)5)12-16(2)20(15)13-26-21(23)18-9-7-17(8-10-18)14-27(6,24)25/h7-12H,13-14H2,1-6H3. The highest BCUT2D eigenvalue weighted by Gasteiger charge is 2.17. The Morgan fingerprint density at radius 3 is 1.96 bits per heavy atom. The zero-order chi connectivity index (χ0) is 20.4. The molecule has 0 radical (unpaired) electrons. The molecule has 0 aliphatic rings. The van der Waals surface area contributed by atoms with Crippen LogP contribution in [0.2, 0.25) is 0 Å². The predicted molar refractivity (Wildman–Crippen MR) is 109 cm³/mol. The average molecular weight is 389 g/mol. The van der Waals surface area contributed by atoms with E-state index in [2.05, 4.69) is 32.9 Å². The molecule has 0 aromatic heterocycles. The molecule has 0 atom stereocenters. The average Bonchev–Trinajstić information content (AvgIpc) is 2.52. The van der Waals surface area contributed by atoms with Crippen LogP contribution < -0.4 is 0 Å². The van der Waals surface area contributed by atoms with Crippen molar-refractivity contribution in [2.24, 2.45) is 0 Å². The number of carbonyl (C=O) groups excluding carboxylic acids is 1. The van der Waals surface area contributed by atoms with Crippen molar-refractivity contribution >= 4 is 15.8 Å². The Morgan fingerprint density at radius 2 is 1.52 bits per heavy atom. The fraction of sp³-hybridized carbons (Fsp3) is 0.409. The van der Waals surface area contributed by atoms with E-state index in [9.17, 15) is 13.2 Å². The molecule has 5 heteroatoms. The molecule has 2 aromatic carbocycles. The number of rotatable bonds is 5. The lowest BCUT2D eigenvalue weighted by Crippen LogP contribution is -2.13. The summed E-state index contributed by atoms with van der Waals surface area (Å²) in [4.78, 5) is 12.3. The summed E-state index contributed by atoms with van der Waals surface area (Å²) < 4.78 is 28.2. The number of hydrogen-bond donors (Lipinski definition) is 0. The van der Waals surface area contributed by atoms with Gasteiger partial charge in [0.2, 0.25) is 0 Å². The molecule has 0 saturated carbocycles. The summed E-state index contributed by atoms with van der Waals surface area (Å²) in [7, 11) is -3.10. The van der Waals surface area contributed by atoms with Gasteiger partial charge in [0.15, 0.2) is 9.84 Å². The second kappa shape index (κ2) is 7.85. The number of ether oxygens (including phenoxy) is 1. The third-order valence-corrected chi connectivity index (χ3v) is 5.39. The van der Waals surface area contributed by atoms with Crippen LogP contribution in [0.4, 0.5) is 0 Å². The van der Waals surface area contributed by atoms with Gasteiger partial charge in [0.05, 0.1) is 11.3 Å². The molecule has 0 spiro atoms. The van der Waals surface area contributed by atoms with Crippen molar-refractivity contribution in [2.75, 3.05) is 6.26 Å². The Morgan fingerprint density at radius 1 is 1.00 bits per heavy atom. The van der Waals surface area contributed by atoms with E-state index >= 15 is 0 Å². The van der Waals surface area contributed by atoms with Gasteiger partial charge in [-0.25, -0.2) is 13.2 Å². The molecule has 0 saturated heterocycles. The maximum atomic E-state index is 12.3. The third kappa shape index (κ3) is 5.93. The van der Waals surface area contributed by atoms with E-state index in [1.807, 2.05) is 13.8 Å². The topological polar surface area (TPSA) is 60.4 Å². The fourth-order valence-electron chi connectivity index (χ4n) is 2.91. The van der Waals surface area contributed by atoms with Crippen LogP contribution in [0.15, 0.2) is 36.4 Å². The lowest BCUT2D eigenvalue weighted by Gasteiger charge is -2.22. The Labute approximate surface area is 162 Å². The molecular weight excluding hydrogens is 360 g/mol. The van der Waals surface area contributed by atoms with Crippen molar-refractivity contribution in [3.8, 4) is 0 Å². The monoisotopic (exact) mass is 388 g/mol. The van der Waals surface area contributed by atoms with E-state index in [4.69, 9.17) is 4.74 Å². The molecule has 2 aromatic rings. The smallest absolute Gasteiger partial charge is 0.338 e. The Bertz CT molecular complexity index is 910. The zero-order valence-corrected chi connectivity index (χ0v) is 17.7. The van der Waals surface area contributed by atoms with Gasteiger partial charge in [-0.1, -0.05) is 45.0 Å². The SMILES string of the molecule is Cc1cc(C(C)(C)C)cc(C)c1COC(=O)c1ccc(CS(C)(=O)=O)cc1. The van der Waals surface area contributed by atoms with Gasteiger partial charge in [-0.3, -0.25) is 0 Å². The first-order valence-corrected chi connectivity index (χ1v) is 11.0. The van der Waals surface area contributed by atoms with E-state index in [0.717, 1.165) is 16.7 Å². The Balaban J connectivity index is 2.09. The second-order valence-electron chi connectivity index (χ2n) is 8.18. The lowest BCUT2D eigenvalue weighted by atomic mass is 9.84. The number of sulfone groups is 1. The van der Waals surface area contributed by atoms with Crippen molar-refractivity contribution in [2.45, 2.75) is 52.4 Å². The number of aryl methyl sites for hydroxylation is 2. The lowest BCUT2D eigenvalue weighted by molar-refractivity contribution is 0.0471. The summed E-state index contributed by atoms with van der Waals surface area (Å²) in [6.45, 7) is 10.8. The Hall–Kier alpha value is -2.14. The van der Waals surface area contributed by atoms with Crippen LogP contribution in [0.5, 0.6) is 0 Å². The zero-order valence-electron chi connectivity index (χ0n) is 16.9. The van der Waals surface area contributed by atoms with Gasteiger partial charge in [-0.2, -0.15) is 0 Å². The normalized spacial score (nSPS) is 12.1. The molecule has 0 N–H and O–H groups in total. The van der Waals surface area contributed by atoms with Crippen LogP contribution >= 0.6 is 0 Å². The van der Waals surface area contributed by atoms with Crippen LogP contribution in [0.25, 0.3) is 0 Å². The predicted octanol–water partition coefficient (Wildman–Crippen LogP) is 4.50. The first kappa shape index (κ1) is 21.2. The fourth-order valence-corrected chi connectivity index (χ4v) is 3.71. The van der Waals surface area contributed by atoms with Crippen molar-refractivity contribution in [3.63, 3.8) is 0 Å². The van der Waals surface area contributed by atoms with Gasteiger partial charge in [-0.15, -0.1) is 0 Å². The Kier molecular flexibility index (Phi) is 6.15. The van der Waals surface area contributed by atoms with Gasteiger partial charge >= 0.3 is 5.97 Å². The van der Waals surface area contributed by atoms with Gasteiger partial charge in [0.25, 0.3) is 0 Å². The van der Waals surface area contributed by atoms with Crippen LogP contribution in [-0.4, -0.2) is 20.6 Å². The largest absolute Gasteiger partial charge is 0.457 e. The highest BCUT2D eigenvalue weighted by Crippen LogP contribution is 2.27. The van der Waals surface area contributed by atoms with Gasteiger partial charge in [-0.05, 0) is 59.2 Å². The summed E-state index contributed by atoms with van der Waals surface area (Å²) in [5.74, 6) is -0.458. The summed E-state index contributed by atoms with van der Waals surface area (Å²) >= 11 is 0. The van der Waals surface area contributed by atoms with E-state index in [-0.39, 0.29) is 17.8 Å². The molecule has 146 valence electrons. The van der Waals surface area contributed by atoms with Crippen molar-refractivity contribution < 1.29 is 17.9 Å². The number of hydrogen-bond acceptors (Lipinski definition) is 4. The minimum Gasteiger partial charge on any atom is -0.457 e. The minimum atomic E-state index is -3.10. The summed E-state index contributed by atoms with van der Waals surface area (Å²) in [5.41, 5.74) is 5.62. The maximum absolute atomic E-state index is 12.3. The van der Waals surface area contributed by atoms with Crippen LogP contribution in [0, 0.1) is 13.8 Å². The van der Waals surface area contributed by atoms with Crippen molar-refractivity contribution in [1.29, 1.82) is 0 Å². The molecule has 0 aliphatic heterocycles. The molecule has 27 heavy (non-hydrogen) atoms. The molecule has 0 amide bonds. The van der Waals surface area contributed by atoms with Crippen LogP contribution in [0.3, 0.4) is 0 Å². The minimum absolute atomic E-state index is 0.0408.